The van der Waals surface area contributed by atoms with Gasteiger partial charge in [0.25, 0.3) is 0 Å². The van der Waals surface area contributed by atoms with Crippen LogP contribution < -0.4 is 10.5 Å². The first kappa shape index (κ1) is 10.4. The monoisotopic (exact) mass is 253 g/mol. The SMILES string of the molecule is O=c1oc2cc(O)ccc2c2ccc(N3CC3)cc12. The maximum Gasteiger partial charge on any atom is 0.344 e. The summed E-state index contributed by atoms with van der Waals surface area (Å²) in [6.45, 7) is 2.08. The van der Waals surface area contributed by atoms with Crippen LogP contribution in [0, 0.1) is 0 Å². The van der Waals surface area contributed by atoms with Crippen molar-refractivity contribution in [3.8, 4) is 5.75 Å². The molecular weight excluding hydrogens is 242 g/mol. The number of anilines is 1. The van der Waals surface area contributed by atoms with Crippen molar-refractivity contribution in [3.05, 3.63) is 46.8 Å². The molecule has 0 radical (unpaired) electrons. The van der Waals surface area contributed by atoms with Gasteiger partial charge in [-0.2, -0.15) is 0 Å². The lowest BCUT2D eigenvalue weighted by Gasteiger charge is -2.06. The molecule has 1 aliphatic rings. The molecule has 0 aliphatic carbocycles. The van der Waals surface area contributed by atoms with Crippen molar-refractivity contribution < 1.29 is 9.52 Å². The molecule has 94 valence electrons. The molecule has 0 unspecified atom stereocenters. The van der Waals surface area contributed by atoms with Crippen molar-refractivity contribution in [1.82, 2.24) is 0 Å². The number of aromatic hydroxyl groups is 1. The van der Waals surface area contributed by atoms with E-state index in [9.17, 15) is 9.90 Å². The van der Waals surface area contributed by atoms with E-state index in [1.54, 1.807) is 12.1 Å². The van der Waals surface area contributed by atoms with E-state index in [4.69, 9.17) is 4.42 Å². The fourth-order valence-electron chi connectivity index (χ4n) is 2.41. The van der Waals surface area contributed by atoms with E-state index in [1.807, 2.05) is 18.2 Å². The summed E-state index contributed by atoms with van der Waals surface area (Å²) in [6.07, 6.45) is 0. The molecule has 19 heavy (non-hydrogen) atoms. The topological polar surface area (TPSA) is 53.4 Å². The average molecular weight is 253 g/mol. The average Bonchev–Trinajstić information content (AvgIpc) is 3.22. The second kappa shape index (κ2) is 3.51. The van der Waals surface area contributed by atoms with Crippen molar-refractivity contribution in [2.45, 2.75) is 0 Å². The minimum atomic E-state index is -0.364. The molecule has 0 atom stereocenters. The van der Waals surface area contributed by atoms with Crippen LogP contribution in [0.15, 0.2) is 45.6 Å². The minimum absolute atomic E-state index is 0.0933. The third-order valence-corrected chi connectivity index (χ3v) is 3.49. The summed E-state index contributed by atoms with van der Waals surface area (Å²) in [5, 5.41) is 11.7. The Kier molecular flexibility index (Phi) is 1.93. The van der Waals surface area contributed by atoms with Gasteiger partial charge in [0.2, 0.25) is 0 Å². The Morgan fingerprint density at radius 3 is 2.58 bits per heavy atom. The molecule has 1 aliphatic heterocycles. The van der Waals surface area contributed by atoms with Crippen LogP contribution in [0.2, 0.25) is 0 Å². The Bertz CT molecular complexity index is 862. The first-order chi connectivity index (χ1) is 9.22. The molecule has 4 nitrogen and oxygen atoms in total. The van der Waals surface area contributed by atoms with Crippen LogP contribution in [-0.4, -0.2) is 18.2 Å². The van der Waals surface area contributed by atoms with E-state index in [2.05, 4.69) is 4.90 Å². The number of fused-ring (bicyclic) bond motifs is 3. The Labute approximate surface area is 108 Å². The highest BCUT2D eigenvalue weighted by molar-refractivity contribution is 6.05. The van der Waals surface area contributed by atoms with Crippen molar-refractivity contribution in [1.29, 1.82) is 0 Å². The van der Waals surface area contributed by atoms with E-state index < -0.39 is 0 Å². The van der Waals surface area contributed by atoms with E-state index in [0.717, 1.165) is 29.5 Å². The maximum absolute atomic E-state index is 12.0. The van der Waals surface area contributed by atoms with Gasteiger partial charge in [-0.05, 0) is 24.3 Å². The summed E-state index contributed by atoms with van der Waals surface area (Å²) in [4.78, 5) is 14.2. The van der Waals surface area contributed by atoms with Crippen LogP contribution in [0.3, 0.4) is 0 Å². The summed E-state index contributed by atoms with van der Waals surface area (Å²) in [5.74, 6) is 0.0933. The lowest BCUT2D eigenvalue weighted by Crippen LogP contribution is -2.01. The number of phenols is 1. The highest BCUT2D eigenvalue weighted by atomic mass is 16.4. The molecule has 1 aromatic heterocycles. The highest BCUT2D eigenvalue weighted by Crippen LogP contribution is 2.29. The Morgan fingerprint density at radius 2 is 1.79 bits per heavy atom. The fraction of sp³-hybridized carbons (Fsp3) is 0.133. The third kappa shape index (κ3) is 1.57. The van der Waals surface area contributed by atoms with Gasteiger partial charge in [-0.25, -0.2) is 4.79 Å². The Morgan fingerprint density at radius 1 is 1.00 bits per heavy atom. The number of hydrogen-bond acceptors (Lipinski definition) is 4. The summed E-state index contributed by atoms with van der Waals surface area (Å²) >= 11 is 0. The van der Waals surface area contributed by atoms with E-state index in [0.29, 0.717) is 11.0 Å². The van der Waals surface area contributed by atoms with E-state index in [1.165, 1.54) is 6.07 Å². The lowest BCUT2D eigenvalue weighted by molar-refractivity contribution is 0.473. The molecule has 0 spiro atoms. The molecule has 3 aromatic rings. The molecule has 0 bridgehead atoms. The van der Waals surface area contributed by atoms with Gasteiger partial charge in [-0.3, -0.25) is 0 Å². The zero-order valence-electron chi connectivity index (χ0n) is 10.1. The molecule has 1 fully saturated rings. The van der Waals surface area contributed by atoms with Crippen LogP contribution in [0.4, 0.5) is 5.69 Å². The summed E-state index contributed by atoms with van der Waals surface area (Å²) in [5.41, 5.74) is 1.10. The summed E-state index contributed by atoms with van der Waals surface area (Å²) in [6, 6.07) is 10.7. The van der Waals surface area contributed by atoms with Gasteiger partial charge in [0, 0.05) is 35.6 Å². The van der Waals surface area contributed by atoms with Crippen molar-refractivity contribution >= 4 is 27.4 Å². The van der Waals surface area contributed by atoms with Crippen molar-refractivity contribution in [2.24, 2.45) is 0 Å². The molecule has 1 saturated heterocycles. The Hall–Kier alpha value is -2.49. The largest absolute Gasteiger partial charge is 0.508 e. The smallest absolute Gasteiger partial charge is 0.344 e. The van der Waals surface area contributed by atoms with Gasteiger partial charge < -0.3 is 14.4 Å². The number of benzene rings is 2. The normalized spacial score (nSPS) is 14.2. The van der Waals surface area contributed by atoms with Gasteiger partial charge in [-0.15, -0.1) is 0 Å². The van der Waals surface area contributed by atoms with Gasteiger partial charge in [0.05, 0.1) is 5.39 Å². The lowest BCUT2D eigenvalue weighted by atomic mass is 10.1. The molecule has 4 heteroatoms. The molecule has 2 aromatic carbocycles. The molecular formula is C15H11NO3. The van der Waals surface area contributed by atoms with Crippen LogP contribution in [0.5, 0.6) is 5.75 Å². The summed E-state index contributed by atoms with van der Waals surface area (Å²) in [7, 11) is 0. The van der Waals surface area contributed by atoms with Crippen LogP contribution in [0.25, 0.3) is 21.7 Å². The molecule has 0 saturated carbocycles. The van der Waals surface area contributed by atoms with E-state index in [-0.39, 0.29) is 11.4 Å². The summed E-state index contributed by atoms with van der Waals surface area (Å²) < 4.78 is 5.28. The van der Waals surface area contributed by atoms with Crippen LogP contribution in [0.1, 0.15) is 0 Å². The quantitative estimate of drug-likeness (QED) is 0.411. The van der Waals surface area contributed by atoms with Gasteiger partial charge in [0.15, 0.2) is 0 Å². The number of rotatable bonds is 1. The maximum atomic E-state index is 12.0. The van der Waals surface area contributed by atoms with Gasteiger partial charge >= 0.3 is 5.63 Å². The van der Waals surface area contributed by atoms with E-state index >= 15 is 0 Å². The fourth-order valence-corrected chi connectivity index (χ4v) is 2.41. The zero-order chi connectivity index (χ0) is 13.0. The molecule has 2 heterocycles. The number of phenolic OH excluding ortho intramolecular Hbond substituents is 1. The van der Waals surface area contributed by atoms with Crippen molar-refractivity contribution in [3.63, 3.8) is 0 Å². The molecule has 4 rings (SSSR count). The third-order valence-electron chi connectivity index (χ3n) is 3.49. The second-order valence-corrected chi connectivity index (χ2v) is 4.79. The van der Waals surface area contributed by atoms with Crippen molar-refractivity contribution in [2.75, 3.05) is 18.0 Å². The second-order valence-electron chi connectivity index (χ2n) is 4.79. The molecule has 1 N–H and O–H groups in total. The van der Waals surface area contributed by atoms with Crippen LogP contribution in [-0.2, 0) is 0 Å². The van der Waals surface area contributed by atoms with Crippen LogP contribution >= 0.6 is 0 Å². The molecule has 0 amide bonds. The first-order valence-electron chi connectivity index (χ1n) is 6.17. The number of hydrogen-bond donors (Lipinski definition) is 1. The minimum Gasteiger partial charge on any atom is -0.508 e. The standard InChI is InChI=1S/C15H11NO3/c17-10-2-4-12-11-3-1-9(16-5-6-16)7-13(11)15(18)19-14(12)8-10/h1-4,7-8,17H,5-6H2. The predicted octanol–water partition coefficient (Wildman–Crippen LogP) is 2.47. The van der Waals surface area contributed by atoms with Gasteiger partial charge in [-0.1, -0.05) is 6.07 Å². The zero-order valence-corrected chi connectivity index (χ0v) is 10.1. The number of nitrogens with zero attached hydrogens (tertiary/aromatic N) is 1. The predicted molar refractivity (Wildman–Crippen MR) is 73.9 cm³/mol. The van der Waals surface area contributed by atoms with Gasteiger partial charge in [0.1, 0.15) is 11.3 Å². The first-order valence-corrected chi connectivity index (χ1v) is 6.17. The Balaban J connectivity index is 2.12. The highest BCUT2D eigenvalue weighted by Gasteiger charge is 2.19.